The molecule has 0 fully saturated rings. The van der Waals surface area contributed by atoms with E-state index in [1.807, 2.05) is 36.4 Å². The molecule has 1 heterocycles. The fourth-order valence-corrected chi connectivity index (χ4v) is 3.88. The van der Waals surface area contributed by atoms with Crippen LogP contribution in [0.4, 0.5) is 4.39 Å². The van der Waals surface area contributed by atoms with Gasteiger partial charge in [-0.05, 0) is 42.0 Å². The fourth-order valence-electron chi connectivity index (χ4n) is 2.91. The standard InChI is InChI=1S/C22H17FN2O2S/c1-27-18-6-4-5-17(13-18)25-21(26)19-7-2-3-8-20(19)24-22(25)28-14-15-9-11-16(23)12-10-15/h2-13H,14H2,1H3. The predicted octanol–water partition coefficient (Wildman–Crippen LogP) is 4.83. The molecular formula is C22H17FN2O2S. The number of nitrogens with zero attached hydrogens (tertiary/aromatic N) is 2. The van der Waals surface area contributed by atoms with Gasteiger partial charge in [0.05, 0.1) is 23.7 Å². The maximum absolute atomic E-state index is 13.2. The van der Waals surface area contributed by atoms with Crippen LogP contribution in [0, 0.1) is 5.82 Å². The SMILES string of the molecule is COc1cccc(-n2c(SCc3ccc(F)cc3)nc3ccccc3c2=O)c1. The minimum atomic E-state index is -0.272. The molecule has 140 valence electrons. The number of ether oxygens (including phenoxy) is 1. The zero-order chi connectivity index (χ0) is 19.5. The minimum Gasteiger partial charge on any atom is -0.497 e. The molecule has 0 unspecified atom stereocenters. The van der Waals surface area contributed by atoms with Crippen molar-refractivity contribution in [2.75, 3.05) is 7.11 Å². The number of thioether (sulfide) groups is 1. The second-order valence-corrected chi connectivity index (χ2v) is 7.11. The van der Waals surface area contributed by atoms with E-state index < -0.39 is 0 Å². The molecule has 4 nitrogen and oxygen atoms in total. The Hall–Kier alpha value is -3.12. The van der Waals surface area contributed by atoms with Crippen molar-refractivity contribution in [2.45, 2.75) is 10.9 Å². The molecule has 0 aliphatic heterocycles. The topological polar surface area (TPSA) is 44.1 Å². The van der Waals surface area contributed by atoms with E-state index in [1.54, 1.807) is 35.9 Å². The third-order valence-corrected chi connectivity index (χ3v) is 5.35. The Balaban J connectivity index is 1.83. The van der Waals surface area contributed by atoms with Gasteiger partial charge >= 0.3 is 0 Å². The van der Waals surface area contributed by atoms with Crippen LogP contribution in [0.1, 0.15) is 5.56 Å². The monoisotopic (exact) mass is 392 g/mol. The van der Waals surface area contributed by atoms with Gasteiger partial charge in [-0.3, -0.25) is 9.36 Å². The molecular weight excluding hydrogens is 375 g/mol. The Morgan fingerprint density at radius 1 is 1.04 bits per heavy atom. The Labute approximate surface area is 165 Å². The molecule has 0 aliphatic carbocycles. The van der Waals surface area contributed by atoms with Crippen LogP contribution in [0.5, 0.6) is 5.75 Å². The molecule has 4 aromatic rings. The van der Waals surface area contributed by atoms with E-state index in [1.165, 1.54) is 23.9 Å². The molecule has 0 aliphatic rings. The van der Waals surface area contributed by atoms with Gasteiger partial charge in [-0.1, -0.05) is 42.1 Å². The zero-order valence-electron chi connectivity index (χ0n) is 15.1. The first-order chi connectivity index (χ1) is 13.7. The number of fused-ring (bicyclic) bond motifs is 1. The summed E-state index contributed by atoms with van der Waals surface area (Å²) in [7, 11) is 1.59. The van der Waals surface area contributed by atoms with E-state index in [2.05, 4.69) is 0 Å². The summed E-state index contributed by atoms with van der Waals surface area (Å²) < 4.78 is 20.1. The Bertz CT molecular complexity index is 1190. The normalized spacial score (nSPS) is 10.9. The van der Waals surface area contributed by atoms with Gasteiger partial charge in [0.25, 0.3) is 5.56 Å². The van der Waals surface area contributed by atoms with Gasteiger partial charge < -0.3 is 4.74 Å². The number of rotatable bonds is 5. The fraction of sp³-hybridized carbons (Fsp3) is 0.0909. The largest absolute Gasteiger partial charge is 0.497 e. The van der Waals surface area contributed by atoms with Crippen molar-refractivity contribution in [1.82, 2.24) is 9.55 Å². The second kappa shape index (κ2) is 7.86. The third-order valence-electron chi connectivity index (χ3n) is 4.34. The van der Waals surface area contributed by atoms with Crippen molar-refractivity contribution in [3.8, 4) is 11.4 Å². The third kappa shape index (κ3) is 3.64. The van der Waals surface area contributed by atoms with Crippen molar-refractivity contribution in [3.05, 3.63) is 94.5 Å². The summed E-state index contributed by atoms with van der Waals surface area (Å²) in [5.41, 5.74) is 2.14. The molecule has 0 spiro atoms. The second-order valence-electron chi connectivity index (χ2n) is 6.17. The maximum atomic E-state index is 13.2. The lowest BCUT2D eigenvalue weighted by molar-refractivity contribution is 0.414. The Morgan fingerprint density at radius 3 is 2.61 bits per heavy atom. The highest BCUT2D eigenvalue weighted by atomic mass is 32.2. The smallest absolute Gasteiger partial charge is 0.266 e. The molecule has 0 N–H and O–H groups in total. The molecule has 0 atom stereocenters. The highest BCUT2D eigenvalue weighted by Gasteiger charge is 2.14. The molecule has 4 rings (SSSR count). The Kier molecular flexibility index (Phi) is 5.12. The van der Waals surface area contributed by atoms with E-state index in [0.29, 0.717) is 33.2 Å². The minimum absolute atomic E-state index is 0.138. The van der Waals surface area contributed by atoms with Gasteiger partial charge in [0, 0.05) is 11.8 Å². The first-order valence-corrected chi connectivity index (χ1v) is 9.68. The van der Waals surface area contributed by atoms with Crippen molar-refractivity contribution >= 4 is 22.7 Å². The summed E-state index contributed by atoms with van der Waals surface area (Å²) in [6.07, 6.45) is 0. The van der Waals surface area contributed by atoms with Crippen molar-refractivity contribution in [1.29, 1.82) is 0 Å². The summed E-state index contributed by atoms with van der Waals surface area (Å²) >= 11 is 1.43. The van der Waals surface area contributed by atoms with Gasteiger partial charge in [0.1, 0.15) is 11.6 Å². The number of aromatic nitrogens is 2. The molecule has 0 amide bonds. The molecule has 6 heteroatoms. The van der Waals surface area contributed by atoms with Gasteiger partial charge in [-0.2, -0.15) is 0 Å². The van der Waals surface area contributed by atoms with Gasteiger partial charge in [0.15, 0.2) is 5.16 Å². The van der Waals surface area contributed by atoms with Crippen LogP contribution >= 0.6 is 11.8 Å². The molecule has 0 saturated carbocycles. The van der Waals surface area contributed by atoms with E-state index in [0.717, 1.165) is 5.56 Å². The van der Waals surface area contributed by atoms with Gasteiger partial charge in [0.2, 0.25) is 0 Å². The van der Waals surface area contributed by atoms with E-state index in [9.17, 15) is 9.18 Å². The van der Waals surface area contributed by atoms with Gasteiger partial charge in [-0.25, -0.2) is 9.37 Å². The van der Waals surface area contributed by atoms with Crippen LogP contribution < -0.4 is 10.3 Å². The molecule has 0 radical (unpaired) electrons. The van der Waals surface area contributed by atoms with E-state index in [-0.39, 0.29) is 11.4 Å². The van der Waals surface area contributed by atoms with Gasteiger partial charge in [-0.15, -0.1) is 0 Å². The van der Waals surface area contributed by atoms with Crippen molar-refractivity contribution < 1.29 is 9.13 Å². The van der Waals surface area contributed by atoms with E-state index >= 15 is 0 Å². The van der Waals surface area contributed by atoms with Crippen LogP contribution in [0.15, 0.2) is 82.7 Å². The van der Waals surface area contributed by atoms with E-state index in [4.69, 9.17) is 9.72 Å². The van der Waals surface area contributed by atoms with Crippen LogP contribution in [0.25, 0.3) is 16.6 Å². The molecule has 0 saturated heterocycles. The summed E-state index contributed by atoms with van der Waals surface area (Å²) in [5.74, 6) is 0.951. The Morgan fingerprint density at radius 2 is 1.82 bits per heavy atom. The quantitative estimate of drug-likeness (QED) is 0.361. The van der Waals surface area contributed by atoms with Crippen molar-refractivity contribution in [2.24, 2.45) is 0 Å². The molecule has 0 bridgehead atoms. The van der Waals surface area contributed by atoms with Crippen LogP contribution in [0.2, 0.25) is 0 Å². The van der Waals surface area contributed by atoms with Crippen LogP contribution in [-0.2, 0) is 5.75 Å². The summed E-state index contributed by atoms with van der Waals surface area (Å²) in [6, 6.07) is 20.9. The number of para-hydroxylation sites is 1. The van der Waals surface area contributed by atoms with Crippen molar-refractivity contribution in [3.63, 3.8) is 0 Å². The summed E-state index contributed by atoms with van der Waals surface area (Å²) in [5, 5.41) is 1.12. The number of hydrogen-bond donors (Lipinski definition) is 0. The highest BCUT2D eigenvalue weighted by molar-refractivity contribution is 7.98. The predicted molar refractivity (Wildman–Crippen MR) is 110 cm³/mol. The summed E-state index contributed by atoms with van der Waals surface area (Å²) in [4.78, 5) is 17.9. The average molecular weight is 392 g/mol. The molecule has 1 aromatic heterocycles. The first-order valence-electron chi connectivity index (χ1n) is 8.69. The first kappa shape index (κ1) is 18.3. The maximum Gasteiger partial charge on any atom is 0.266 e. The molecule has 3 aromatic carbocycles. The molecule has 28 heavy (non-hydrogen) atoms. The lowest BCUT2D eigenvalue weighted by atomic mass is 10.2. The van der Waals surface area contributed by atoms with Crippen LogP contribution in [-0.4, -0.2) is 16.7 Å². The zero-order valence-corrected chi connectivity index (χ0v) is 15.9. The lowest BCUT2D eigenvalue weighted by Crippen LogP contribution is -2.21. The number of hydrogen-bond acceptors (Lipinski definition) is 4. The average Bonchev–Trinajstić information content (AvgIpc) is 2.73. The van der Waals surface area contributed by atoms with Crippen LogP contribution in [0.3, 0.4) is 0 Å². The number of benzene rings is 3. The number of methoxy groups -OCH3 is 1. The highest BCUT2D eigenvalue weighted by Crippen LogP contribution is 2.26. The lowest BCUT2D eigenvalue weighted by Gasteiger charge is -2.14. The number of halogens is 1. The summed E-state index contributed by atoms with van der Waals surface area (Å²) in [6.45, 7) is 0.